The number of hydrogen-bond acceptors (Lipinski definition) is 7. The normalized spacial score (nSPS) is 20.4. The number of piperidine rings is 1. The van der Waals surface area contributed by atoms with Crippen molar-refractivity contribution in [3.8, 4) is 0 Å². The van der Waals surface area contributed by atoms with Gasteiger partial charge < -0.3 is 15.5 Å². The monoisotopic (exact) mass is 457 g/mol. The summed E-state index contributed by atoms with van der Waals surface area (Å²) in [6.45, 7) is 2.65. The van der Waals surface area contributed by atoms with E-state index in [1.165, 1.54) is 12.8 Å². The summed E-state index contributed by atoms with van der Waals surface area (Å²) in [4.78, 5) is 24.5. The summed E-state index contributed by atoms with van der Waals surface area (Å²) in [6, 6.07) is 9.59. The van der Waals surface area contributed by atoms with Crippen molar-refractivity contribution in [3.05, 3.63) is 54.6 Å². The molecular weight excluding hydrogens is 430 g/mol. The predicted octanol–water partition coefficient (Wildman–Crippen LogP) is 3.86. The summed E-state index contributed by atoms with van der Waals surface area (Å²) in [5.41, 5.74) is 1.88. The van der Waals surface area contributed by atoms with Crippen LogP contribution < -0.4 is 15.5 Å². The minimum absolute atomic E-state index is 0.0905. The van der Waals surface area contributed by atoms with Crippen LogP contribution in [0.2, 0.25) is 0 Å². The molecule has 1 aliphatic heterocycles. The highest BCUT2D eigenvalue weighted by atomic mass is 16.2. The minimum Gasteiger partial charge on any atom is -0.325 e. The van der Waals surface area contributed by atoms with E-state index < -0.39 is 5.54 Å². The largest absolute Gasteiger partial charge is 0.325 e. The summed E-state index contributed by atoms with van der Waals surface area (Å²) >= 11 is 0. The number of fused-ring (bicyclic) bond motifs is 1. The van der Waals surface area contributed by atoms with Crippen molar-refractivity contribution >= 4 is 34.7 Å². The molecular formula is C24H27N9O. The SMILES string of the molecule is C[C@]1(C(=O)Nc2cccnc2)CCCCN1c1nc(Nc2cc(C3CC3)[nH]n2)c2cccn2n1. The van der Waals surface area contributed by atoms with Crippen LogP contribution in [0.15, 0.2) is 48.9 Å². The summed E-state index contributed by atoms with van der Waals surface area (Å²) < 4.78 is 1.80. The zero-order valence-corrected chi connectivity index (χ0v) is 19.0. The third kappa shape index (κ3) is 3.74. The Morgan fingerprint density at radius 1 is 1.24 bits per heavy atom. The minimum atomic E-state index is -0.794. The number of anilines is 4. The summed E-state index contributed by atoms with van der Waals surface area (Å²) in [7, 11) is 0. The maximum absolute atomic E-state index is 13.5. The van der Waals surface area contributed by atoms with Crippen LogP contribution in [0.4, 0.5) is 23.3 Å². The predicted molar refractivity (Wildman–Crippen MR) is 129 cm³/mol. The topological polar surface area (TPSA) is 116 Å². The van der Waals surface area contributed by atoms with Gasteiger partial charge in [-0.05, 0) is 63.3 Å². The van der Waals surface area contributed by atoms with Gasteiger partial charge in [-0.15, -0.1) is 5.10 Å². The van der Waals surface area contributed by atoms with E-state index in [-0.39, 0.29) is 5.91 Å². The Morgan fingerprint density at radius 3 is 2.97 bits per heavy atom. The van der Waals surface area contributed by atoms with Crippen molar-refractivity contribution in [2.45, 2.75) is 50.5 Å². The number of pyridine rings is 1. The maximum atomic E-state index is 13.5. The number of nitrogens with one attached hydrogen (secondary N) is 3. The van der Waals surface area contributed by atoms with Gasteiger partial charge in [0.05, 0.1) is 11.9 Å². The first-order valence-corrected chi connectivity index (χ1v) is 11.8. The molecule has 0 spiro atoms. The van der Waals surface area contributed by atoms with E-state index >= 15 is 0 Å². The fourth-order valence-electron chi connectivity index (χ4n) is 4.63. The summed E-state index contributed by atoms with van der Waals surface area (Å²) in [5.74, 6) is 2.39. The van der Waals surface area contributed by atoms with Crippen LogP contribution in [0.25, 0.3) is 5.52 Å². The van der Waals surface area contributed by atoms with E-state index in [9.17, 15) is 4.79 Å². The number of aromatic nitrogens is 6. The molecule has 4 aromatic heterocycles. The molecule has 174 valence electrons. The third-order valence-electron chi connectivity index (χ3n) is 6.78. The first-order valence-electron chi connectivity index (χ1n) is 11.8. The number of hydrogen-bond donors (Lipinski definition) is 3. The Morgan fingerprint density at radius 2 is 2.15 bits per heavy atom. The van der Waals surface area contributed by atoms with Gasteiger partial charge in [-0.2, -0.15) is 10.1 Å². The van der Waals surface area contributed by atoms with Gasteiger partial charge in [-0.25, -0.2) is 4.52 Å². The quantitative estimate of drug-likeness (QED) is 0.403. The molecule has 1 aliphatic carbocycles. The van der Waals surface area contributed by atoms with Gasteiger partial charge in [0, 0.05) is 36.6 Å². The number of rotatable bonds is 6. The Kier molecular flexibility index (Phi) is 4.93. The Labute approximate surface area is 196 Å². The highest BCUT2D eigenvalue weighted by Gasteiger charge is 2.43. The summed E-state index contributed by atoms with van der Waals surface area (Å²) in [5, 5.41) is 18.7. The van der Waals surface area contributed by atoms with Gasteiger partial charge in [-0.1, -0.05) is 0 Å². The van der Waals surface area contributed by atoms with E-state index in [1.54, 1.807) is 23.0 Å². The number of amides is 1. The molecule has 1 amide bonds. The number of nitrogens with zero attached hydrogens (tertiary/aromatic N) is 6. The van der Waals surface area contributed by atoms with E-state index in [1.807, 2.05) is 42.3 Å². The second-order valence-electron chi connectivity index (χ2n) is 9.28. The molecule has 34 heavy (non-hydrogen) atoms. The van der Waals surface area contributed by atoms with Gasteiger partial charge in [0.15, 0.2) is 11.6 Å². The number of aromatic amines is 1. The smallest absolute Gasteiger partial charge is 0.250 e. The van der Waals surface area contributed by atoms with Crippen LogP contribution in [0.5, 0.6) is 0 Å². The Bertz CT molecular complexity index is 1330. The van der Waals surface area contributed by atoms with Crippen molar-refractivity contribution in [2.24, 2.45) is 0 Å². The van der Waals surface area contributed by atoms with E-state index in [4.69, 9.17) is 10.1 Å². The maximum Gasteiger partial charge on any atom is 0.250 e. The average molecular weight is 458 g/mol. The molecule has 0 aromatic carbocycles. The Hall–Kier alpha value is -3.95. The molecule has 10 nitrogen and oxygen atoms in total. The van der Waals surface area contributed by atoms with Gasteiger partial charge in [-0.3, -0.25) is 14.9 Å². The molecule has 5 heterocycles. The zero-order valence-electron chi connectivity index (χ0n) is 19.0. The van der Waals surface area contributed by atoms with Gasteiger partial charge in [0.1, 0.15) is 11.1 Å². The van der Waals surface area contributed by atoms with Crippen molar-refractivity contribution in [3.63, 3.8) is 0 Å². The highest BCUT2D eigenvalue weighted by Crippen LogP contribution is 2.40. The summed E-state index contributed by atoms with van der Waals surface area (Å²) in [6.07, 6.45) is 10.3. The molecule has 1 saturated heterocycles. The van der Waals surface area contributed by atoms with E-state index in [2.05, 4.69) is 25.8 Å². The molecule has 2 fully saturated rings. The lowest BCUT2D eigenvalue weighted by molar-refractivity contribution is -0.121. The van der Waals surface area contributed by atoms with Crippen molar-refractivity contribution < 1.29 is 4.79 Å². The second-order valence-corrected chi connectivity index (χ2v) is 9.28. The molecule has 0 bridgehead atoms. The molecule has 10 heteroatoms. The third-order valence-corrected chi connectivity index (χ3v) is 6.78. The zero-order chi connectivity index (χ0) is 23.1. The lowest BCUT2D eigenvalue weighted by atomic mass is 9.87. The van der Waals surface area contributed by atoms with Crippen LogP contribution in [0.3, 0.4) is 0 Å². The lowest BCUT2D eigenvalue weighted by Crippen LogP contribution is -2.58. The molecule has 4 aromatic rings. The van der Waals surface area contributed by atoms with Crippen LogP contribution >= 0.6 is 0 Å². The fourth-order valence-corrected chi connectivity index (χ4v) is 4.63. The standard InChI is InChI=1S/C24H27N9O/c1-24(22(34)26-17-6-4-11-25-15-17)10-2-3-12-32(24)23-28-21(19-7-5-13-33(19)31-23)27-20-14-18(29-30-20)16-8-9-16/h4-7,11,13-16H,2-3,8-10,12H2,1H3,(H,26,34)(H2,27,28,29,30,31)/t24-/m1/s1. The number of carbonyl (C=O) groups excluding carboxylic acids is 1. The molecule has 0 unspecified atom stereocenters. The van der Waals surface area contributed by atoms with E-state index in [0.717, 1.165) is 29.9 Å². The number of carbonyl (C=O) groups is 1. The van der Waals surface area contributed by atoms with Gasteiger partial charge >= 0.3 is 0 Å². The average Bonchev–Trinajstić information content (AvgIpc) is 3.40. The van der Waals surface area contributed by atoms with Crippen LogP contribution in [-0.2, 0) is 4.79 Å². The van der Waals surface area contributed by atoms with Crippen LogP contribution in [-0.4, -0.2) is 47.8 Å². The highest BCUT2D eigenvalue weighted by molar-refractivity contribution is 6.00. The first-order chi connectivity index (χ1) is 16.6. The van der Waals surface area contributed by atoms with Gasteiger partial charge in [0.25, 0.3) is 0 Å². The molecule has 1 atom stereocenters. The van der Waals surface area contributed by atoms with Gasteiger partial charge in [0.2, 0.25) is 11.9 Å². The number of H-pyrrole nitrogens is 1. The van der Waals surface area contributed by atoms with E-state index in [0.29, 0.717) is 36.3 Å². The first kappa shape index (κ1) is 20.6. The molecule has 2 aliphatic rings. The van der Waals surface area contributed by atoms with Crippen molar-refractivity contribution in [1.29, 1.82) is 0 Å². The second kappa shape index (κ2) is 8.12. The molecule has 6 rings (SSSR count). The lowest BCUT2D eigenvalue weighted by Gasteiger charge is -2.43. The Balaban J connectivity index is 1.34. The molecule has 1 saturated carbocycles. The van der Waals surface area contributed by atoms with Crippen molar-refractivity contribution in [2.75, 3.05) is 22.1 Å². The molecule has 0 radical (unpaired) electrons. The van der Waals surface area contributed by atoms with Crippen LogP contribution in [0, 0.1) is 0 Å². The fraction of sp³-hybridized carbons (Fsp3) is 0.375. The van der Waals surface area contributed by atoms with Crippen molar-refractivity contribution in [1.82, 2.24) is 29.8 Å². The van der Waals surface area contributed by atoms with Crippen LogP contribution in [0.1, 0.15) is 50.6 Å². The molecule has 3 N–H and O–H groups in total.